The van der Waals surface area contributed by atoms with Gasteiger partial charge in [0.2, 0.25) is 0 Å². The Balaban J connectivity index is 1.86. The number of nitrogens with one attached hydrogen (secondary N) is 2. The molecule has 2 rings (SSSR count). The Morgan fingerprint density at radius 1 is 1.22 bits per heavy atom. The predicted molar refractivity (Wildman–Crippen MR) is 145 cm³/mol. The van der Waals surface area contributed by atoms with Crippen molar-refractivity contribution in [1.82, 2.24) is 15.6 Å². The molecule has 0 amide bonds. The summed E-state index contributed by atoms with van der Waals surface area (Å²) < 4.78 is 5.23. The molecule has 2 aromatic rings. The number of carboxylic acids is 1. The minimum atomic E-state index is -0.819. The molecule has 1 heterocycles. The van der Waals surface area contributed by atoms with Crippen molar-refractivity contribution in [2.75, 3.05) is 26.7 Å². The molecule has 0 unspecified atom stereocenters. The molecule has 7 nitrogen and oxygen atoms in total. The summed E-state index contributed by atoms with van der Waals surface area (Å²) in [6.45, 7) is 5.29. The zero-order valence-corrected chi connectivity index (χ0v) is 22.0. The number of carboxylic acid groups (broad SMARTS) is 1. The Morgan fingerprint density at radius 2 is 2.03 bits per heavy atom. The van der Waals surface area contributed by atoms with Gasteiger partial charge in [-0.15, -0.1) is 0 Å². The lowest BCUT2D eigenvalue weighted by Crippen LogP contribution is -2.42. The molecule has 0 saturated carbocycles. The molecule has 1 aromatic carbocycles. The Bertz CT molecular complexity index is 984. The third kappa shape index (κ3) is 10.9. The van der Waals surface area contributed by atoms with E-state index in [4.69, 9.17) is 21.4 Å². The van der Waals surface area contributed by atoms with E-state index in [0.29, 0.717) is 43.2 Å². The van der Waals surface area contributed by atoms with Crippen molar-refractivity contribution < 1.29 is 19.7 Å². The van der Waals surface area contributed by atoms with Gasteiger partial charge in [0.25, 0.3) is 0 Å². The number of nitrogens with zero attached hydrogens (tertiary/aromatic N) is 1. The van der Waals surface area contributed by atoms with Crippen molar-refractivity contribution in [2.45, 2.75) is 38.8 Å². The lowest BCUT2D eigenvalue weighted by molar-refractivity contribution is -0.140. The third-order valence-corrected chi connectivity index (χ3v) is 6.21. The average Bonchev–Trinajstić information content (AvgIpc) is 2.87. The topological polar surface area (TPSA) is 104 Å². The Kier molecular flexibility index (Phi) is 13.2. The predicted octanol–water partition coefficient (Wildman–Crippen LogP) is 4.21. The Hall–Kier alpha value is -2.71. The van der Waals surface area contributed by atoms with E-state index in [2.05, 4.69) is 15.6 Å². The maximum Gasteiger partial charge on any atom is 0.307 e. The van der Waals surface area contributed by atoms with Crippen LogP contribution >= 0.6 is 11.6 Å². The van der Waals surface area contributed by atoms with Crippen molar-refractivity contribution in [1.29, 1.82) is 0 Å². The number of rotatable bonds is 16. The minimum absolute atomic E-state index is 0.0100. The van der Waals surface area contributed by atoms with Crippen molar-refractivity contribution >= 4 is 23.6 Å². The summed E-state index contributed by atoms with van der Waals surface area (Å²) in [5, 5.41) is 26.9. The molecule has 0 fully saturated rings. The number of carbonyl (C=O) groups is 1. The highest BCUT2D eigenvalue weighted by molar-refractivity contribution is 6.32. The van der Waals surface area contributed by atoms with E-state index in [-0.39, 0.29) is 12.0 Å². The van der Waals surface area contributed by atoms with Gasteiger partial charge in [-0.1, -0.05) is 61.9 Å². The van der Waals surface area contributed by atoms with Crippen LogP contribution in [0.4, 0.5) is 0 Å². The summed E-state index contributed by atoms with van der Waals surface area (Å²) in [5.74, 6) is -0.642. The number of hydrogen-bond acceptors (Lipinski definition) is 6. The van der Waals surface area contributed by atoms with Gasteiger partial charge < -0.3 is 25.6 Å². The zero-order valence-electron chi connectivity index (χ0n) is 21.2. The lowest BCUT2D eigenvalue weighted by Gasteiger charge is -2.20. The van der Waals surface area contributed by atoms with Crippen molar-refractivity contribution in [2.24, 2.45) is 11.8 Å². The number of halogens is 1. The fraction of sp³-hybridized carbons (Fsp3) is 0.429. The van der Waals surface area contributed by atoms with Crippen LogP contribution in [0.5, 0.6) is 5.75 Å². The maximum atomic E-state index is 11.1. The molecule has 36 heavy (non-hydrogen) atoms. The molecular formula is C28H38ClN3O4. The first-order valence-electron chi connectivity index (χ1n) is 12.2. The molecule has 0 aliphatic heterocycles. The smallest absolute Gasteiger partial charge is 0.307 e. The number of aromatic nitrogens is 1. The van der Waals surface area contributed by atoms with Crippen molar-refractivity contribution in [3.63, 3.8) is 0 Å². The zero-order chi connectivity index (χ0) is 26.3. The summed E-state index contributed by atoms with van der Waals surface area (Å²) in [7, 11) is 1.58. The average molecular weight is 516 g/mol. The number of pyridine rings is 1. The summed E-state index contributed by atoms with van der Waals surface area (Å²) in [6.07, 6.45) is 12.3. The minimum Gasteiger partial charge on any atom is -0.495 e. The van der Waals surface area contributed by atoms with E-state index in [0.717, 1.165) is 11.1 Å². The molecule has 0 saturated heterocycles. The lowest BCUT2D eigenvalue weighted by atomic mass is 10.0. The first-order valence-corrected chi connectivity index (χ1v) is 12.6. The highest BCUT2D eigenvalue weighted by Gasteiger charge is 2.14. The number of aliphatic hydroxyl groups is 1. The van der Waals surface area contributed by atoms with Crippen LogP contribution < -0.4 is 15.4 Å². The van der Waals surface area contributed by atoms with Crippen LogP contribution in [0.3, 0.4) is 0 Å². The number of methoxy groups -OCH3 is 1. The standard InChI is InChI=1S/C28H38ClN3O4/c1-20(9-10-22-7-6-13-30-18-22)26(33)8-4-5-14-32-24(19-31-17-21(2)28(34)35)15-23-11-12-27(36-3)25(29)16-23/h4-7,9-13,16,18,20-21,24,26,31-33H,8,14-15,17,19H2,1-3H3,(H,34,35)/b5-4+,10-9+/t20-,21-,24-,26+/m1/s1. The van der Waals surface area contributed by atoms with Gasteiger partial charge in [0, 0.05) is 44.0 Å². The number of aliphatic carboxylic acids is 1. The summed E-state index contributed by atoms with van der Waals surface area (Å²) in [6, 6.07) is 9.64. The van der Waals surface area contributed by atoms with Crippen LogP contribution in [0.25, 0.3) is 6.08 Å². The summed E-state index contributed by atoms with van der Waals surface area (Å²) in [4.78, 5) is 15.2. The second-order valence-corrected chi connectivity index (χ2v) is 9.36. The van der Waals surface area contributed by atoms with Crippen LogP contribution in [0.15, 0.2) is 61.0 Å². The molecule has 196 valence electrons. The highest BCUT2D eigenvalue weighted by atomic mass is 35.5. The van der Waals surface area contributed by atoms with Gasteiger partial charge in [-0.2, -0.15) is 0 Å². The quantitative estimate of drug-likeness (QED) is 0.248. The Morgan fingerprint density at radius 3 is 2.69 bits per heavy atom. The normalized spacial score (nSPS) is 15.1. The fourth-order valence-corrected chi connectivity index (χ4v) is 3.81. The van der Waals surface area contributed by atoms with Gasteiger partial charge in [-0.3, -0.25) is 9.78 Å². The molecule has 0 aliphatic rings. The fourth-order valence-electron chi connectivity index (χ4n) is 3.53. The van der Waals surface area contributed by atoms with Crippen LogP contribution in [0.1, 0.15) is 31.4 Å². The number of hydrogen-bond donors (Lipinski definition) is 4. The van der Waals surface area contributed by atoms with E-state index in [1.54, 1.807) is 26.4 Å². The van der Waals surface area contributed by atoms with E-state index in [9.17, 15) is 9.90 Å². The van der Waals surface area contributed by atoms with E-state index >= 15 is 0 Å². The first-order chi connectivity index (χ1) is 17.3. The van der Waals surface area contributed by atoms with E-state index < -0.39 is 18.0 Å². The van der Waals surface area contributed by atoms with Gasteiger partial charge in [0.15, 0.2) is 0 Å². The second-order valence-electron chi connectivity index (χ2n) is 8.95. The molecule has 4 N–H and O–H groups in total. The number of ether oxygens (including phenoxy) is 1. The first kappa shape index (κ1) is 29.5. The number of aliphatic hydroxyl groups excluding tert-OH is 1. The SMILES string of the molecule is COc1ccc(C[C@H](CNC[C@@H](C)C(=O)O)NC/C=C/C[C@H](O)[C@H](C)/C=C/c2cccnc2)cc1Cl. The van der Waals surface area contributed by atoms with Crippen LogP contribution in [0, 0.1) is 11.8 Å². The van der Waals surface area contributed by atoms with Crippen molar-refractivity contribution in [3.8, 4) is 5.75 Å². The molecule has 4 atom stereocenters. The largest absolute Gasteiger partial charge is 0.495 e. The second kappa shape index (κ2) is 16.1. The third-order valence-electron chi connectivity index (χ3n) is 5.91. The maximum absolute atomic E-state index is 11.1. The van der Waals surface area contributed by atoms with Crippen LogP contribution in [-0.2, 0) is 11.2 Å². The molecule has 0 spiro atoms. The van der Waals surface area contributed by atoms with Gasteiger partial charge in [0.05, 0.1) is 24.2 Å². The molecule has 0 bridgehead atoms. The van der Waals surface area contributed by atoms with Gasteiger partial charge in [-0.05, 0) is 42.2 Å². The van der Waals surface area contributed by atoms with Gasteiger partial charge in [0.1, 0.15) is 5.75 Å². The molecule has 0 radical (unpaired) electrons. The molecular weight excluding hydrogens is 478 g/mol. The van der Waals surface area contributed by atoms with Gasteiger partial charge in [-0.25, -0.2) is 0 Å². The van der Waals surface area contributed by atoms with Crippen LogP contribution in [0.2, 0.25) is 5.02 Å². The van der Waals surface area contributed by atoms with E-state index in [1.165, 1.54) is 0 Å². The Labute approximate surface area is 219 Å². The summed E-state index contributed by atoms with van der Waals surface area (Å²) in [5.41, 5.74) is 2.06. The molecule has 8 heteroatoms. The number of benzene rings is 1. The highest BCUT2D eigenvalue weighted by Crippen LogP contribution is 2.25. The van der Waals surface area contributed by atoms with E-state index in [1.807, 2.05) is 61.6 Å². The summed E-state index contributed by atoms with van der Waals surface area (Å²) >= 11 is 6.28. The van der Waals surface area contributed by atoms with Crippen molar-refractivity contribution in [3.05, 3.63) is 77.1 Å². The van der Waals surface area contributed by atoms with Crippen LogP contribution in [-0.4, -0.2) is 60.1 Å². The molecule has 1 aromatic heterocycles. The van der Waals surface area contributed by atoms with Gasteiger partial charge >= 0.3 is 5.97 Å². The molecule has 0 aliphatic carbocycles. The monoisotopic (exact) mass is 515 g/mol.